The molecular formula is C12H16. The first-order valence-electron chi connectivity index (χ1n) is 4.44. The van der Waals surface area contributed by atoms with E-state index in [2.05, 4.69) is 57.2 Å². The van der Waals surface area contributed by atoms with Crippen LogP contribution in [0.4, 0.5) is 0 Å². The lowest BCUT2D eigenvalue weighted by Crippen LogP contribution is -1.81. The molecule has 0 N–H and O–H groups in total. The topological polar surface area (TPSA) is 0 Å². The van der Waals surface area contributed by atoms with Gasteiger partial charge in [0.15, 0.2) is 0 Å². The Morgan fingerprint density at radius 2 is 1.83 bits per heavy atom. The highest BCUT2D eigenvalue weighted by atomic mass is 14.0. The fraction of sp³-hybridized carbons (Fsp3) is 0.333. The van der Waals surface area contributed by atoms with Crippen LogP contribution in [0.5, 0.6) is 0 Å². The second kappa shape index (κ2) is 4.10. The van der Waals surface area contributed by atoms with E-state index >= 15 is 0 Å². The van der Waals surface area contributed by atoms with Crippen molar-refractivity contribution in [1.82, 2.24) is 0 Å². The molecule has 0 aliphatic carbocycles. The quantitative estimate of drug-likeness (QED) is 0.619. The third kappa shape index (κ3) is 2.54. The molecule has 12 heavy (non-hydrogen) atoms. The Labute approximate surface area is 74.9 Å². The van der Waals surface area contributed by atoms with Crippen molar-refractivity contribution in [1.29, 1.82) is 0 Å². The number of aryl methyl sites for hydroxylation is 1. The van der Waals surface area contributed by atoms with E-state index in [4.69, 9.17) is 0 Å². The second-order valence-corrected chi connectivity index (χ2v) is 3.46. The van der Waals surface area contributed by atoms with Crippen molar-refractivity contribution in [2.24, 2.45) is 5.92 Å². The van der Waals surface area contributed by atoms with Crippen LogP contribution in [-0.2, 0) is 0 Å². The van der Waals surface area contributed by atoms with Crippen LogP contribution in [0, 0.1) is 12.8 Å². The zero-order valence-corrected chi connectivity index (χ0v) is 8.04. The molecule has 0 saturated heterocycles. The van der Waals surface area contributed by atoms with Gasteiger partial charge in [-0.05, 0) is 24.0 Å². The summed E-state index contributed by atoms with van der Waals surface area (Å²) in [4.78, 5) is 0. The van der Waals surface area contributed by atoms with Crippen molar-refractivity contribution >= 4 is 6.08 Å². The Morgan fingerprint density at radius 1 is 1.17 bits per heavy atom. The van der Waals surface area contributed by atoms with Crippen LogP contribution >= 0.6 is 0 Å². The van der Waals surface area contributed by atoms with E-state index in [1.165, 1.54) is 11.1 Å². The van der Waals surface area contributed by atoms with Crippen molar-refractivity contribution in [3.8, 4) is 0 Å². The van der Waals surface area contributed by atoms with Gasteiger partial charge in [0.25, 0.3) is 0 Å². The number of benzene rings is 1. The molecule has 0 aromatic heterocycles. The standard InChI is InChI=1S/C12H16/c1-10(2)8-9-12-7-5-4-6-11(12)3/h4-10H,1-3H3. The maximum absolute atomic E-state index is 2.22. The van der Waals surface area contributed by atoms with Gasteiger partial charge in [0.05, 0.1) is 0 Å². The summed E-state index contributed by atoms with van der Waals surface area (Å²) in [5, 5.41) is 0. The summed E-state index contributed by atoms with van der Waals surface area (Å²) in [7, 11) is 0. The van der Waals surface area contributed by atoms with Crippen LogP contribution < -0.4 is 0 Å². The summed E-state index contributed by atoms with van der Waals surface area (Å²) >= 11 is 0. The van der Waals surface area contributed by atoms with Crippen LogP contribution in [0.3, 0.4) is 0 Å². The van der Waals surface area contributed by atoms with Gasteiger partial charge in [-0.25, -0.2) is 0 Å². The van der Waals surface area contributed by atoms with Crippen LogP contribution in [0.2, 0.25) is 0 Å². The molecule has 0 nitrogen and oxygen atoms in total. The zero-order chi connectivity index (χ0) is 8.97. The molecule has 0 aliphatic heterocycles. The van der Waals surface area contributed by atoms with Gasteiger partial charge in [0.1, 0.15) is 0 Å². The van der Waals surface area contributed by atoms with E-state index in [1.807, 2.05) is 0 Å². The molecule has 0 unspecified atom stereocenters. The van der Waals surface area contributed by atoms with Gasteiger partial charge < -0.3 is 0 Å². The molecule has 1 rings (SSSR count). The summed E-state index contributed by atoms with van der Waals surface area (Å²) < 4.78 is 0. The number of hydrogen-bond donors (Lipinski definition) is 0. The van der Waals surface area contributed by atoms with Gasteiger partial charge in [0, 0.05) is 0 Å². The SMILES string of the molecule is Cc1ccccc1C=CC(C)C. The highest BCUT2D eigenvalue weighted by Gasteiger charge is 1.90. The monoisotopic (exact) mass is 160 g/mol. The van der Waals surface area contributed by atoms with E-state index in [-0.39, 0.29) is 0 Å². The van der Waals surface area contributed by atoms with Crippen LogP contribution in [0.15, 0.2) is 30.3 Å². The van der Waals surface area contributed by atoms with E-state index in [1.54, 1.807) is 0 Å². The van der Waals surface area contributed by atoms with Crippen molar-refractivity contribution in [3.63, 3.8) is 0 Å². The summed E-state index contributed by atoms with van der Waals surface area (Å²) in [5.74, 6) is 0.629. The van der Waals surface area contributed by atoms with Crippen molar-refractivity contribution in [2.45, 2.75) is 20.8 Å². The normalized spacial score (nSPS) is 11.3. The molecule has 1 aromatic rings. The lowest BCUT2D eigenvalue weighted by molar-refractivity contribution is 0.836. The Morgan fingerprint density at radius 3 is 2.42 bits per heavy atom. The van der Waals surface area contributed by atoms with Crippen LogP contribution in [-0.4, -0.2) is 0 Å². The van der Waals surface area contributed by atoms with Gasteiger partial charge in [-0.2, -0.15) is 0 Å². The Hall–Kier alpha value is -1.04. The summed E-state index contributed by atoms with van der Waals surface area (Å²) in [6.07, 6.45) is 4.42. The molecule has 0 saturated carbocycles. The first-order valence-corrected chi connectivity index (χ1v) is 4.44. The third-order valence-electron chi connectivity index (χ3n) is 1.85. The van der Waals surface area contributed by atoms with E-state index in [0.29, 0.717) is 5.92 Å². The average Bonchev–Trinajstić information content (AvgIpc) is 2.03. The molecule has 64 valence electrons. The maximum Gasteiger partial charge on any atom is -0.0230 e. The molecule has 1 aromatic carbocycles. The smallest absolute Gasteiger partial charge is 0.0230 e. The van der Waals surface area contributed by atoms with Gasteiger partial charge in [0.2, 0.25) is 0 Å². The van der Waals surface area contributed by atoms with E-state index < -0.39 is 0 Å². The Bertz CT molecular complexity index is 269. The largest absolute Gasteiger partial charge is 0.0814 e. The van der Waals surface area contributed by atoms with E-state index in [0.717, 1.165) is 0 Å². The number of hydrogen-bond acceptors (Lipinski definition) is 0. The first kappa shape index (κ1) is 9.05. The van der Waals surface area contributed by atoms with Crippen molar-refractivity contribution < 1.29 is 0 Å². The summed E-state index contributed by atoms with van der Waals surface area (Å²) in [6, 6.07) is 8.43. The minimum absolute atomic E-state index is 0.629. The molecule has 0 amide bonds. The number of allylic oxidation sites excluding steroid dienone is 1. The fourth-order valence-corrected chi connectivity index (χ4v) is 1.07. The molecule has 0 heterocycles. The highest BCUT2D eigenvalue weighted by Crippen LogP contribution is 2.10. The van der Waals surface area contributed by atoms with Crippen LogP contribution in [0.25, 0.3) is 6.08 Å². The van der Waals surface area contributed by atoms with Gasteiger partial charge in [-0.1, -0.05) is 50.3 Å². The third-order valence-corrected chi connectivity index (χ3v) is 1.85. The van der Waals surface area contributed by atoms with Crippen molar-refractivity contribution in [2.75, 3.05) is 0 Å². The lowest BCUT2D eigenvalue weighted by Gasteiger charge is -1.99. The first-order chi connectivity index (χ1) is 5.70. The Balaban J connectivity index is 2.82. The second-order valence-electron chi connectivity index (χ2n) is 3.46. The van der Waals surface area contributed by atoms with Crippen molar-refractivity contribution in [3.05, 3.63) is 41.5 Å². The Kier molecular flexibility index (Phi) is 3.09. The maximum atomic E-state index is 2.22. The molecule has 0 fully saturated rings. The summed E-state index contributed by atoms with van der Waals surface area (Å²) in [6.45, 7) is 6.52. The average molecular weight is 160 g/mol. The van der Waals surface area contributed by atoms with Gasteiger partial charge >= 0.3 is 0 Å². The predicted octanol–water partition coefficient (Wildman–Crippen LogP) is 3.66. The highest BCUT2D eigenvalue weighted by molar-refractivity contribution is 5.53. The predicted molar refractivity (Wildman–Crippen MR) is 55.1 cm³/mol. The van der Waals surface area contributed by atoms with Gasteiger partial charge in [-0.15, -0.1) is 0 Å². The molecule has 0 spiro atoms. The number of rotatable bonds is 2. The fourth-order valence-electron chi connectivity index (χ4n) is 1.07. The minimum Gasteiger partial charge on any atom is -0.0814 e. The van der Waals surface area contributed by atoms with Gasteiger partial charge in [-0.3, -0.25) is 0 Å². The molecule has 0 radical (unpaired) electrons. The molecule has 0 heteroatoms. The van der Waals surface area contributed by atoms with E-state index in [9.17, 15) is 0 Å². The zero-order valence-electron chi connectivity index (χ0n) is 8.04. The minimum atomic E-state index is 0.629. The molecule has 0 atom stereocenters. The lowest BCUT2D eigenvalue weighted by atomic mass is 10.1. The summed E-state index contributed by atoms with van der Waals surface area (Å²) in [5.41, 5.74) is 2.67. The molecule has 0 bridgehead atoms. The van der Waals surface area contributed by atoms with Crippen LogP contribution in [0.1, 0.15) is 25.0 Å². The molecule has 0 aliphatic rings. The molecular weight excluding hydrogens is 144 g/mol.